The van der Waals surface area contributed by atoms with E-state index in [-0.39, 0.29) is 5.92 Å². The zero-order valence-corrected chi connectivity index (χ0v) is 5.21. The van der Waals surface area contributed by atoms with Crippen molar-refractivity contribution >= 4 is 6.21 Å². The van der Waals surface area contributed by atoms with Crippen LogP contribution in [0.1, 0.15) is 6.92 Å². The first kappa shape index (κ1) is 6.20. The Morgan fingerprint density at radius 3 is 3.22 bits per heavy atom. The second kappa shape index (κ2) is 2.58. The number of aliphatic imine (C=N–C) groups is 1. The third kappa shape index (κ3) is 1.80. The van der Waals surface area contributed by atoms with E-state index >= 15 is 0 Å². The van der Waals surface area contributed by atoms with Gasteiger partial charge in [-0.25, -0.2) is 4.99 Å². The SMILES string of the molecule is CC1C=CC=NC(F)=C1. The summed E-state index contributed by atoms with van der Waals surface area (Å²) in [7, 11) is 0. The summed E-state index contributed by atoms with van der Waals surface area (Å²) in [6, 6.07) is 0. The molecule has 1 rings (SSSR count). The highest BCUT2D eigenvalue weighted by Crippen LogP contribution is 2.08. The smallest absolute Gasteiger partial charge is 0.209 e. The second-order valence-corrected chi connectivity index (χ2v) is 2.01. The fourth-order valence-electron chi connectivity index (χ4n) is 0.655. The molecule has 0 spiro atoms. The Kier molecular flexibility index (Phi) is 1.78. The van der Waals surface area contributed by atoms with Crippen molar-refractivity contribution in [2.24, 2.45) is 10.9 Å². The minimum absolute atomic E-state index is 0.160. The first-order valence-corrected chi connectivity index (χ1v) is 2.87. The van der Waals surface area contributed by atoms with E-state index in [9.17, 15) is 4.39 Å². The molecule has 0 aromatic heterocycles. The third-order valence-electron chi connectivity index (χ3n) is 1.10. The van der Waals surface area contributed by atoms with Gasteiger partial charge in [0.15, 0.2) is 0 Å². The fourth-order valence-corrected chi connectivity index (χ4v) is 0.655. The maximum atomic E-state index is 12.3. The zero-order valence-electron chi connectivity index (χ0n) is 5.21. The van der Waals surface area contributed by atoms with Crippen LogP contribution in [-0.4, -0.2) is 6.21 Å². The molecular weight excluding hydrogens is 117 g/mol. The highest BCUT2D eigenvalue weighted by Gasteiger charge is 1.96. The molecule has 0 N–H and O–H groups in total. The van der Waals surface area contributed by atoms with Gasteiger partial charge in [0.2, 0.25) is 5.95 Å². The molecule has 0 saturated carbocycles. The lowest BCUT2D eigenvalue weighted by Crippen LogP contribution is -1.80. The molecule has 0 aliphatic carbocycles. The molecule has 48 valence electrons. The van der Waals surface area contributed by atoms with Crippen molar-refractivity contribution in [2.45, 2.75) is 6.92 Å². The predicted molar refractivity (Wildman–Crippen MR) is 36.0 cm³/mol. The van der Waals surface area contributed by atoms with Crippen molar-refractivity contribution in [2.75, 3.05) is 0 Å². The van der Waals surface area contributed by atoms with Crippen LogP contribution < -0.4 is 0 Å². The van der Waals surface area contributed by atoms with Crippen LogP contribution in [0.5, 0.6) is 0 Å². The van der Waals surface area contributed by atoms with Crippen LogP contribution in [0.25, 0.3) is 0 Å². The molecule has 0 bridgehead atoms. The van der Waals surface area contributed by atoms with Gasteiger partial charge in [-0.1, -0.05) is 13.0 Å². The highest BCUT2D eigenvalue weighted by molar-refractivity contribution is 5.72. The molecule has 1 aliphatic rings. The Morgan fingerprint density at radius 1 is 1.67 bits per heavy atom. The van der Waals surface area contributed by atoms with E-state index in [2.05, 4.69) is 4.99 Å². The van der Waals surface area contributed by atoms with Crippen LogP contribution in [0.15, 0.2) is 29.2 Å². The zero-order chi connectivity index (χ0) is 6.69. The summed E-state index contributed by atoms with van der Waals surface area (Å²) in [5.74, 6) is -0.236. The van der Waals surface area contributed by atoms with E-state index in [1.54, 1.807) is 6.08 Å². The molecule has 0 saturated heterocycles. The Morgan fingerprint density at radius 2 is 2.44 bits per heavy atom. The number of allylic oxidation sites excluding steroid dienone is 3. The topological polar surface area (TPSA) is 12.4 Å². The summed E-state index contributed by atoms with van der Waals surface area (Å²) in [4.78, 5) is 3.46. The molecule has 0 amide bonds. The van der Waals surface area contributed by atoms with Crippen LogP contribution in [0.3, 0.4) is 0 Å². The van der Waals surface area contributed by atoms with Gasteiger partial charge in [-0.15, -0.1) is 0 Å². The minimum Gasteiger partial charge on any atom is -0.229 e. The summed E-state index contributed by atoms with van der Waals surface area (Å²) < 4.78 is 12.3. The van der Waals surface area contributed by atoms with Crippen molar-refractivity contribution in [1.29, 1.82) is 0 Å². The highest BCUT2D eigenvalue weighted by atomic mass is 19.1. The van der Waals surface area contributed by atoms with Gasteiger partial charge in [-0.05, 0) is 18.1 Å². The molecule has 0 aromatic rings. The third-order valence-corrected chi connectivity index (χ3v) is 1.10. The van der Waals surface area contributed by atoms with Gasteiger partial charge in [0.05, 0.1) is 0 Å². The largest absolute Gasteiger partial charge is 0.229 e. The lowest BCUT2D eigenvalue weighted by atomic mass is 10.2. The number of hydrogen-bond acceptors (Lipinski definition) is 1. The molecular formula is C7H8FN. The maximum Gasteiger partial charge on any atom is 0.209 e. The predicted octanol–water partition coefficient (Wildman–Crippen LogP) is 2.07. The lowest BCUT2D eigenvalue weighted by molar-refractivity contribution is 0.617. The van der Waals surface area contributed by atoms with Gasteiger partial charge in [0, 0.05) is 6.21 Å². The number of halogens is 1. The summed E-state index contributed by atoms with van der Waals surface area (Å²) in [6.45, 7) is 1.91. The molecule has 2 heteroatoms. The molecule has 1 nitrogen and oxygen atoms in total. The lowest BCUT2D eigenvalue weighted by Gasteiger charge is -1.91. The molecule has 1 aliphatic heterocycles. The van der Waals surface area contributed by atoms with Crippen LogP contribution in [-0.2, 0) is 0 Å². The Balaban J connectivity index is 2.77. The molecule has 9 heavy (non-hydrogen) atoms. The van der Waals surface area contributed by atoms with E-state index in [1.807, 2.05) is 13.0 Å². The van der Waals surface area contributed by atoms with E-state index in [1.165, 1.54) is 12.3 Å². The van der Waals surface area contributed by atoms with Crippen LogP contribution in [0.4, 0.5) is 4.39 Å². The van der Waals surface area contributed by atoms with Crippen molar-refractivity contribution in [3.05, 3.63) is 24.2 Å². The molecule has 0 fully saturated rings. The number of nitrogens with zero attached hydrogens (tertiary/aromatic N) is 1. The Bertz CT molecular complexity index is 179. The fraction of sp³-hybridized carbons (Fsp3) is 0.286. The average Bonchev–Trinajstić information content (AvgIpc) is 1.93. The number of rotatable bonds is 0. The quantitative estimate of drug-likeness (QED) is 0.439. The van der Waals surface area contributed by atoms with Gasteiger partial charge in [0.25, 0.3) is 0 Å². The molecule has 1 unspecified atom stereocenters. The molecule has 1 heterocycles. The van der Waals surface area contributed by atoms with Crippen LogP contribution in [0.2, 0.25) is 0 Å². The molecule has 0 radical (unpaired) electrons. The summed E-state index contributed by atoms with van der Waals surface area (Å²) >= 11 is 0. The first-order chi connectivity index (χ1) is 4.29. The van der Waals surface area contributed by atoms with Crippen LogP contribution >= 0.6 is 0 Å². The molecule has 0 aromatic carbocycles. The number of hydrogen-bond donors (Lipinski definition) is 0. The van der Waals surface area contributed by atoms with Crippen molar-refractivity contribution in [1.82, 2.24) is 0 Å². The van der Waals surface area contributed by atoms with E-state index in [0.29, 0.717) is 0 Å². The normalized spacial score (nSPS) is 25.6. The van der Waals surface area contributed by atoms with Crippen molar-refractivity contribution in [3.63, 3.8) is 0 Å². The summed E-state index contributed by atoms with van der Waals surface area (Å²) in [5, 5.41) is 0. The molecule has 1 atom stereocenters. The van der Waals surface area contributed by atoms with E-state index < -0.39 is 5.95 Å². The first-order valence-electron chi connectivity index (χ1n) is 2.87. The van der Waals surface area contributed by atoms with Crippen LogP contribution in [0, 0.1) is 5.92 Å². The Hall–Kier alpha value is -0.920. The van der Waals surface area contributed by atoms with Crippen molar-refractivity contribution in [3.8, 4) is 0 Å². The van der Waals surface area contributed by atoms with Gasteiger partial charge in [-0.3, -0.25) is 0 Å². The van der Waals surface area contributed by atoms with Gasteiger partial charge in [0.1, 0.15) is 0 Å². The summed E-state index contributed by atoms with van der Waals surface area (Å²) in [6.07, 6.45) is 6.55. The van der Waals surface area contributed by atoms with E-state index in [4.69, 9.17) is 0 Å². The average molecular weight is 125 g/mol. The van der Waals surface area contributed by atoms with Gasteiger partial charge in [-0.2, -0.15) is 4.39 Å². The van der Waals surface area contributed by atoms with Crippen molar-refractivity contribution < 1.29 is 4.39 Å². The van der Waals surface area contributed by atoms with E-state index in [0.717, 1.165) is 0 Å². The van der Waals surface area contributed by atoms with Gasteiger partial charge < -0.3 is 0 Å². The van der Waals surface area contributed by atoms with Gasteiger partial charge >= 0.3 is 0 Å². The standard InChI is InChI=1S/C7H8FN/c1-6-3-2-4-9-7(8)5-6/h2-6H,1H3. The monoisotopic (exact) mass is 125 g/mol. The minimum atomic E-state index is -0.396. The maximum absolute atomic E-state index is 12.3. The Labute approximate surface area is 53.6 Å². The summed E-state index contributed by atoms with van der Waals surface area (Å²) in [5.41, 5.74) is 0. The second-order valence-electron chi connectivity index (χ2n) is 2.01.